The third-order valence-corrected chi connectivity index (χ3v) is 3.95. The zero-order valence-electron chi connectivity index (χ0n) is 10.9. The van der Waals surface area contributed by atoms with E-state index in [1.165, 1.54) is 6.20 Å². The number of nitrogens with one attached hydrogen (secondary N) is 1. The molecule has 0 aliphatic carbocycles. The van der Waals surface area contributed by atoms with Crippen LogP contribution < -0.4 is 4.72 Å². The SMILES string of the molecule is CCn1cc(NS(=O)(=O)Cc2ccccc2C#N)cn1. The molecule has 0 saturated heterocycles. The average Bonchev–Trinajstić information content (AvgIpc) is 2.85. The lowest BCUT2D eigenvalue weighted by molar-refractivity contribution is 0.600. The van der Waals surface area contributed by atoms with Crippen molar-refractivity contribution in [2.24, 2.45) is 0 Å². The van der Waals surface area contributed by atoms with Gasteiger partial charge in [-0.2, -0.15) is 10.4 Å². The zero-order chi connectivity index (χ0) is 14.6. The van der Waals surface area contributed by atoms with Gasteiger partial charge in [-0.1, -0.05) is 18.2 Å². The number of aryl methyl sites for hydroxylation is 1. The van der Waals surface area contributed by atoms with E-state index in [-0.39, 0.29) is 5.75 Å². The predicted molar refractivity (Wildman–Crippen MR) is 75.3 cm³/mol. The molecule has 2 aromatic rings. The van der Waals surface area contributed by atoms with Crippen LogP contribution in [0, 0.1) is 11.3 Å². The molecule has 0 radical (unpaired) electrons. The molecule has 1 aromatic heterocycles. The molecule has 0 aliphatic rings. The van der Waals surface area contributed by atoms with E-state index in [4.69, 9.17) is 5.26 Å². The second-order valence-corrected chi connectivity index (χ2v) is 5.94. The Morgan fingerprint density at radius 3 is 2.80 bits per heavy atom. The Labute approximate surface area is 117 Å². The van der Waals surface area contributed by atoms with Gasteiger partial charge in [0.05, 0.1) is 29.3 Å². The van der Waals surface area contributed by atoms with Gasteiger partial charge in [0.1, 0.15) is 0 Å². The third-order valence-electron chi connectivity index (χ3n) is 2.71. The van der Waals surface area contributed by atoms with Gasteiger partial charge >= 0.3 is 0 Å². The highest BCUT2D eigenvalue weighted by Crippen LogP contribution is 2.14. The highest BCUT2D eigenvalue weighted by molar-refractivity contribution is 7.91. The predicted octanol–water partition coefficient (Wildman–Crippen LogP) is 1.72. The van der Waals surface area contributed by atoms with Crippen molar-refractivity contribution in [3.8, 4) is 6.07 Å². The maximum Gasteiger partial charge on any atom is 0.237 e. The quantitative estimate of drug-likeness (QED) is 0.908. The molecular formula is C13H14N4O2S. The number of rotatable bonds is 5. The number of aromatic nitrogens is 2. The molecule has 0 atom stereocenters. The smallest absolute Gasteiger partial charge is 0.237 e. The van der Waals surface area contributed by atoms with Crippen molar-refractivity contribution in [3.63, 3.8) is 0 Å². The van der Waals surface area contributed by atoms with Crippen LogP contribution in [0.15, 0.2) is 36.7 Å². The number of benzene rings is 1. The van der Waals surface area contributed by atoms with Crippen LogP contribution in [0.2, 0.25) is 0 Å². The molecule has 0 bridgehead atoms. The van der Waals surface area contributed by atoms with Crippen LogP contribution >= 0.6 is 0 Å². The van der Waals surface area contributed by atoms with Crippen molar-refractivity contribution in [1.29, 1.82) is 5.26 Å². The molecule has 6 nitrogen and oxygen atoms in total. The summed E-state index contributed by atoms with van der Waals surface area (Å²) in [6.45, 7) is 2.58. The minimum absolute atomic E-state index is 0.242. The molecule has 0 spiro atoms. The fourth-order valence-corrected chi connectivity index (χ4v) is 2.96. The number of hydrogen-bond acceptors (Lipinski definition) is 4. The van der Waals surface area contributed by atoms with E-state index in [2.05, 4.69) is 9.82 Å². The van der Waals surface area contributed by atoms with Crippen LogP contribution in [0.1, 0.15) is 18.1 Å². The number of anilines is 1. The molecule has 1 aromatic carbocycles. The van der Waals surface area contributed by atoms with Gasteiger partial charge in [0.15, 0.2) is 0 Å². The fourth-order valence-electron chi connectivity index (χ4n) is 1.76. The van der Waals surface area contributed by atoms with Gasteiger partial charge in [0.2, 0.25) is 10.0 Å². The molecule has 2 rings (SSSR count). The fraction of sp³-hybridized carbons (Fsp3) is 0.231. The minimum Gasteiger partial charge on any atom is -0.280 e. The Bertz CT molecular complexity index is 744. The molecule has 0 fully saturated rings. The lowest BCUT2D eigenvalue weighted by Gasteiger charge is -2.07. The Balaban J connectivity index is 2.17. The molecule has 104 valence electrons. The maximum atomic E-state index is 12.1. The first-order valence-electron chi connectivity index (χ1n) is 6.05. The normalized spacial score (nSPS) is 11.0. The van der Waals surface area contributed by atoms with Crippen LogP contribution in [-0.4, -0.2) is 18.2 Å². The van der Waals surface area contributed by atoms with E-state index in [1.54, 1.807) is 35.1 Å². The van der Waals surface area contributed by atoms with Gasteiger partial charge in [-0.3, -0.25) is 9.40 Å². The van der Waals surface area contributed by atoms with Crippen molar-refractivity contribution in [2.45, 2.75) is 19.2 Å². The van der Waals surface area contributed by atoms with Gasteiger partial charge in [-0.15, -0.1) is 0 Å². The Morgan fingerprint density at radius 2 is 2.15 bits per heavy atom. The number of nitrogens with zero attached hydrogens (tertiary/aromatic N) is 3. The minimum atomic E-state index is -3.57. The zero-order valence-corrected chi connectivity index (χ0v) is 11.8. The van der Waals surface area contributed by atoms with Crippen LogP contribution in [0.3, 0.4) is 0 Å². The molecule has 0 amide bonds. The van der Waals surface area contributed by atoms with E-state index >= 15 is 0 Å². The van der Waals surface area contributed by atoms with Gasteiger partial charge in [-0.25, -0.2) is 8.42 Å². The molecule has 0 saturated carbocycles. The third kappa shape index (κ3) is 3.36. The summed E-state index contributed by atoms with van der Waals surface area (Å²) in [4.78, 5) is 0. The lowest BCUT2D eigenvalue weighted by atomic mass is 10.1. The second kappa shape index (κ2) is 5.75. The molecule has 7 heteroatoms. The largest absolute Gasteiger partial charge is 0.280 e. The number of nitriles is 1. The summed E-state index contributed by atoms with van der Waals surface area (Å²) in [6.07, 6.45) is 3.07. The van der Waals surface area contributed by atoms with Crippen molar-refractivity contribution in [2.75, 3.05) is 4.72 Å². The van der Waals surface area contributed by atoms with Gasteiger partial charge in [0.25, 0.3) is 0 Å². The van der Waals surface area contributed by atoms with Crippen molar-refractivity contribution >= 4 is 15.7 Å². The van der Waals surface area contributed by atoms with Gasteiger partial charge < -0.3 is 0 Å². The van der Waals surface area contributed by atoms with Gasteiger partial charge in [-0.05, 0) is 18.6 Å². The number of sulfonamides is 1. The molecular weight excluding hydrogens is 276 g/mol. The average molecular weight is 290 g/mol. The first-order valence-corrected chi connectivity index (χ1v) is 7.70. The molecule has 0 unspecified atom stereocenters. The van der Waals surface area contributed by atoms with E-state index in [1.807, 2.05) is 13.0 Å². The Hall–Kier alpha value is -2.33. The topological polar surface area (TPSA) is 87.8 Å². The summed E-state index contributed by atoms with van der Waals surface area (Å²) < 4.78 is 28.2. The summed E-state index contributed by atoms with van der Waals surface area (Å²) in [6, 6.07) is 8.63. The summed E-state index contributed by atoms with van der Waals surface area (Å²) in [5.74, 6) is -0.242. The van der Waals surface area contributed by atoms with E-state index in [0.29, 0.717) is 23.4 Å². The van der Waals surface area contributed by atoms with E-state index in [9.17, 15) is 8.42 Å². The summed E-state index contributed by atoms with van der Waals surface area (Å²) >= 11 is 0. The van der Waals surface area contributed by atoms with Crippen LogP contribution in [-0.2, 0) is 22.3 Å². The second-order valence-electron chi connectivity index (χ2n) is 4.21. The maximum absolute atomic E-state index is 12.1. The summed E-state index contributed by atoms with van der Waals surface area (Å²) in [5, 5.41) is 13.0. The summed E-state index contributed by atoms with van der Waals surface area (Å²) in [5.41, 5.74) is 1.26. The molecule has 20 heavy (non-hydrogen) atoms. The first kappa shape index (κ1) is 14.1. The van der Waals surface area contributed by atoms with E-state index < -0.39 is 10.0 Å². The van der Waals surface area contributed by atoms with Crippen LogP contribution in [0.5, 0.6) is 0 Å². The number of hydrogen-bond donors (Lipinski definition) is 1. The highest BCUT2D eigenvalue weighted by Gasteiger charge is 2.15. The molecule has 1 heterocycles. The lowest BCUT2D eigenvalue weighted by Crippen LogP contribution is -2.15. The molecule has 0 aliphatic heterocycles. The van der Waals surface area contributed by atoms with Gasteiger partial charge in [0, 0.05) is 12.7 Å². The summed E-state index contributed by atoms with van der Waals surface area (Å²) in [7, 11) is -3.57. The van der Waals surface area contributed by atoms with Crippen LogP contribution in [0.25, 0.3) is 0 Å². The van der Waals surface area contributed by atoms with Crippen LogP contribution in [0.4, 0.5) is 5.69 Å². The highest BCUT2D eigenvalue weighted by atomic mass is 32.2. The standard InChI is InChI=1S/C13H14N4O2S/c1-2-17-9-13(8-15-17)16-20(18,19)10-12-6-4-3-5-11(12)7-14/h3-6,8-9,16H,2,10H2,1H3. The van der Waals surface area contributed by atoms with E-state index in [0.717, 1.165) is 0 Å². The first-order chi connectivity index (χ1) is 9.54. The van der Waals surface area contributed by atoms with Crippen molar-refractivity contribution in [3.05, 3.63) is 47.8 Å². The Kier molecular flexibility index (Phi) is 4.05. The molecule has 1 N–H and O–H groups in total. The monoisotopic (exact) mass is 290 g/mol. The van der Waals surface area contributed by atoms with Crippen molar-refractivity contribution < 1.29 is 8.42 Å². The Morgan fingerprint density at radius 1 is 1.40 bits per heavy atom. The van der Waals surface area contributed by atoms with Crippen molar-refractivity contribution in [1.82, 2.24) is 9.78 Å².